The van der Waals surface area contributed by atoms with Crippen LogP contribution < -0.4 is 10.6 Å². The normalized spacial score (nSPS) is 23.1. The average molecular weight is 489 g/mol. The SMILES string of the molecule is CC(=O)N1CC(C)(OC(=O)NC(CCO[C@H]2C[C@H](CCc3ccc4c(n3)NCCC4)C2)C(=O)O)C1. The molecule has 1 unspecified atom stereocenters. The van der Waals surface area contributed by atoms with Gasteiger partial charge in [-0.2, -0.15) is 0 Å². The predicted octanol–water partition coefficient (Wildman–Crippen LogP) is 2.36. The fourth-order valence-corrected chi connectivity index (χ4v) is 4.96. The van der Waals surface area contributed by atoms with Crippen LogP contribution in [-0.4, -0.2) is 76.9 Å². The number of aliphatic carboxylic acids is 1. The third kappa shape index (κ3) is 6.62. The highest BCUT2D eigenvalue weighted by Gasteiger charge is 2.44. The van der Waals surface area contributed by atoms with Crippen LogP contribution in [0.4, 0.5) is 10.6 Å². The van der Waals surface area contributed by atoms with Gasteiger partial charge >= 0.3 is 12.1 Å². The van der Waals surface area contributed by atoms with E-state index < -0.39 is 23.7 Å². The molecule has 4 rings (SSSR count). The van der Waals surface area contributed by atoms with E-state index in [1.54, 1.807) is 11.8 Å². The number of carboxylic acid groups (broad SMARTS) is 1. The van der Waals surface area contributed by atoms with Crippen molar-refractivity contribution in [2.45, 2.75) is 76.5 Å². The van der Waals surface area contributed by atoms with Gasteiger partial charge in [0.25, 0.3) is 0 Å². The second-order valence-corrected chi connectivity index (χ2v) is 10.2. The Labute approximate surface area is 205 Å². The topological polar surface area (TPSA) is 130 Å². The first-order valence-electron chi connectivity index (χ1n) is 12.5. The molecule has 10 heteroatoms. The van der Waals surface area contributed by atoms with E-state index in [0.717, 1.165) is 56.6 Å². The standard InChI is InChI=1S/C25H36N4O6/c1-16(30)29-14-25(2,15-29)35-24(33)28-21(23(31)32)9-11-34-20-12-17(13-20)5-7-19-8-6-18-4-3-10-26-22(18)27-19/h6,8,17,20-21H,3-5,7,9-15H2,1-2H3,(H,26,27)(H,28,33)(H,31,32)/t17-,20-,21?. The molecule has 0 bridgehead atoms. The van der Waals surface area contributed by atoms with Crippen molar-refractivity contribution in [1.29, 1.82) is 0 Å². The zero-order chi connectivity index (χ0) is 25.0. The molecule has 1 aromatic rings. The number of fused-ring (bicyclic) bond motifs is 1. The Kier molecular flexibility index (Phi) is 7.78. The van der Waals surface area contributed by atoms with Crippen molar-refractivity contribution in [3.63, 3.8) is 0 Å². The first-order chi connectivity index (χ1) is 16.7. The largest absolute Gasteiger partial charge is 0.480 e. The molecule has 192 valence electrons. The van der Waals surface area contributed by atoms with E-state index in [1.165, 1.54) is 12.5 Å². The van der Waals surface area contributed by atoms with Gasteiger partial charge in [0.15, 0.2) is 0 Å². The number of aromatic nitrogens is 1. The number of pyridine rings is 1. The number of carbonyl (C=O) groups is 3. The van der Waals surface area contributed by atoms with Gasteiger partial charge in [0, 0.05) is 32.2 Å². The van der Waals surface area contributed by atoms with Crippen LogP contribution in [0, 0.1) is 5.92 Å². The number of hydrogen-bond acceptors (Lipinski definition) is 7. The Morgan fingerprint density at radius 1 is 1.31 bits per heavy atom. The number of anilines is 1. The summed E-state index contributed by atoms with van der Waals surface area (Å²) in [4.78, 5) is 41.3. The number of carboxylic acids is 1. The number of rotatable bonds is 10. The first kappa shape index (κ1) is 25.2. The number of likely N-dealkylation sites (tertiary alicyclic amines) is 1. The fraction of sp³-hybridized carbons (Fsp3) is 0.680. The van der Waals surface area contributed by atoms with Crippen molar-refractivity contribution in [2.75, 3.05) is 31.6 Å². The van der Waals surface area contributed by atoms with Crippen LogP contribution in [-0.2, 0) is 31.9 Å². The van der Waals surface area contributed by atoms with Crippen LogP contribution >= 0.6 is 0 Å². The predicted molar refractivity (Wildman–Crippen MR) is 128 cm³/mol. The Balaban J connectivity index is 1.10. The Morgan fingerprint density at radius 3 is 2.80 bits per heavy atom. The molecular weight excluding hydrogens is 452 g/mol. The van der Waals surface area contributed by atoms with Gasteiger partial charge < -0.3 is 30.1 Å². The Hall–Kier alpha value is -2.88. The summed E-state index contributed by atoms with van der Waals surface area (Å²) in [5.74, 6) is 0.409. The highest BCUT2D eigenvalue weighted by atomic mass is 16.6. The quantitative estimate of drug-likeness (QED) is 0.458. The molecule has 3 aliphatic rings. The number of nitrogens with one attached hydrogen (secondary N) is 2. The summed E-state index contributed by atoms with van der Waals surface area (Å²) in [6.45, 7) is 5.02. The summed E-state index contributed by atoms with van der Waals surface area (Å²) in [7, 11) is 0. The first-order valence-corrected chi connectivity index (χ1v) is 12.5. The molecule has 2 aliphatic heterocycles. The minimum Gasteiger partial charge on any atom is -0.480 e. The van der Waals surface area contributed by atoms with Gasteiger partial charge in [0.1, 0.15) is 17.5 Å². The van der Waals surface area contributed by atoms with Crippen molar-refractivity contribution >= 4 is 23.8 Å². The molecule has 2 amide bonds. The third-order valence-corrected chi connectivity index (χ3v) is 7.14. The molecule has 1 saturated carbocycles. The number of nitrogens with zero attached hydrogens (tertiary/aromatic N) is 2. The highest BCUT2D eigenvalue weighted by Crippen LogP contribution is 2.34. The average Bonchev–Trinajstić information content (AvgIpc) is 2.77. The molecule has 2 fully saturated rings. The van der Waals surface area contributed by atoms with Gasteiger partial charge in [-0.15, -0.1) is 0 Å². The maximum absolute atomic E-state index is 12.2. The number of alkyl carbamates (subject to hydrolysis) is 1. The van der Waals surface area contributed by atoms with E-state index in [2.05, 4.69) is 22.8 Å². The molecule has 0 spiro atoms. The van der Waals surface area contributed by atoms with Crippen LogP contribution in [0.3, 0.4) is 0 Å². The fourth-order valence-electron chi connectivity index (χ4n) is 4.96. The molecule has 35 heavy (non-hydrogen) atoms. The lowest BCUT2D eigenvalue weighted by Crippen LogP contribution is -2.64. The molecule has 3 N–H and O–H groups in total. The smallest absolute Gasteiger partial charge is 0.408 e. The minimum atomic E-state index is -1.13. The molecule has 3 heterocycles. The van der Waals surface area contributed by atoms with Gasteiger partial charge in [0.05, 0.1) is 19.2 Å². The van der Waals surface area contributed by atoms with Crippen molar-refractivity contribution in [2.24, 2.45) is 5.92 Å². The maximum atomic E-state index is 12.2. The van der Waals surface area contributed by atoms with Crippen molar-refractivity contribution in [3.8, 4) is 0 Å². The van der Waals surface area contributed by atoms with Gasteiger partial charge in [-0.3, -0.25) is 4.79 Å². The molecule has 10 nitrogen and oxygen atoms in total. The number of amides is 2. The van der Waals surface area contributed by atoms with Crippen molar-refractivity contribution in [1.82, 2.24) is 15.2 Å². The van der Waals surface area contributed by atoms with E-state index in [0.29, 0.717) is 19.0 Å². The lowest BCUT2D eigenvalue weighted by atomic mass is 9.79. The number of carbonyl (C=O) groups excluding carboxylic acids is 2. The minimum absolute atomic E-state index is 0.0853. The van der Waals surface area contributed by atoms with Gasteiger partial charge in [-0.05, 0) is 63.0 Å². The van der Waals surface area contributed by atoms with E-state index >= 15 is 0 Å². The van der Waals surface area contributed by atoms with Crippen LogP contribution in [0.1, 0.15) is 57.2 Å². The third-order valence-electron chi connectivity index (χ3n) is 7.14. The summed E-state index contributed by atoms with van der Waals surface area (Å²) >= 11 is 0. The summed E-state index contributed by atoms with van der Waals surface area (Å²) < 4.78 is 11.2. The summed E-state index contributed by atoms with van der Waals surface area (Å²) in [6, 6.07) is 3.23. The van der Waals surface area contributed by atoms with E-state index in [-0.39, 0.29) is 25.0 Å². The summed E-state index contributed by atoms with van der Waals surface area (Å²) in [5.41, 5.74) is 1.63. The number of hydrogen-bond donors (Lipinski definition) is 3. The molecule has 0 aromatic carbocycles. The van der Waals surface area contributed by atoms with Crippen LogP contribution in [0.2, 0.25) is 0 Å². The van der Waals surface area contributed by atoms with E-state index in [9.17, 15) is 19.5 Å². The molecule has 1 aliphatic carbocycles. The van der Waals surface area contributed by atoms with Gasteiger partial charge in [0.2, 0.25) is 5.91 Å². The number of ether oxygens (including phenoxy) is 2. The number of aryl methyl sites for hydroxylation is 2. The van der Waals surface area contributed by atoms with Gasteiger partial charge in [-0.1, -0.05) is 6.07 Å². The van der Waals surface area contributed by atoms with E-state index in [1.807, 2.05) is 0 Å². The van der Waals surface area contributed by atoms with Crippen LogP contribution in [0.25, 0.3) is 0 Å². The molecule has 1 atom stereocenters. The summed E-state index contributed by atoms with van der Waals surface area (Å²) in [5, 5.41) is 15.2. The van der Waals surface area contributed by atoms with Crippen molar-refractivity contribution < 1.29 is 29.0 Å². The zero-order valence-corrected chi connectivity index (χ0v) is 20.5. The lowest BCUT2D eigenvalue weighted by Gasteiger charge is -2.46. The maximum Gasteiger partial charge on any atom is 0.408 e. The molecule has 1 aromatic heterocycles. The Bertz CT molecular complexity index is 942. The van der Waals surface area contributed by atoms with Crippen LogP contribution in [0.15, 0.2) is 12.1 Å². The monoisotopic (exact) mass is 488 g/mol. The summed E-state index contributed by atoms with van der Waals surface area (Å²) in [6.07, 6.45) is 5.68. The molecule has 1 saturated heterocycles. The zero-order valence-electron chi connectivity index (χ0n) is 20.5. The second kappa shape index (κ2) is 10.8. The van der Waals surface area contributed by atoms with Crippen molar-refractivity contribution in [3.05, 3.63) is 23.4 Å². The lowest BCUT2D eigenvalue weighted by molar-refractivity contribution is -0.150. The second-order valence-electron chi connectivity index (χ2n) is 10.2. The molecule has 0 radical (unpaired) electrons. The van der Waals surface area contributed by atoms with E-state index in [4.69, 9.17) is 14.5 Å². The van der Waals surface area contributed by atoms with Crippen LogP contribution in [0.5, 0.6) is 0 Å². The van der Waals surface area contributed by atoms with Gasteiger partial charge in [-0.25, -0.2) is 14.6 Å². The molecular formula is C25H36N4O6. The Morgan fingerprint density at radius 2 is 2.09 bits per heavy atom. The highest BCUT2D eigenvalue weighted by molar-refractivity contribution is 5.80.